The number of benzene rings is 2. The van der Waals surface area contributed by atoms with Crippen LogP contribution in [0.3, 0.4) is 0 Å². The summed E-state index contributed by atoms with van der Waals surface area (Å²) >= 11 is 0. The van der Waals surface area contributed by atoms with E-state index >= 15 is 0 Å². The smallest absolute Gasteiger partial charge is 0.308 e. The van der Waals surface area contributed by atoms with Crippen molar-refractivity contribution < 1.29 is 33.5 Å². The number of anilines is 1. The molecule has 1 saturated heterocycles. The number of carbonyl (C=O) groups is 2. The first-order valence-electron chi connectivity index (χ1n) is 15.1. The van der Waals surface area contributed by atoms with Gasteiger partial charge in [-0.05, 0) is 61.1 Å². The van der Waals surface area contributed by atoms with Gasteiger partial charge < -0.3 is 24.2 Å². The Kier molecular flexibility index (Phi) is 9.82. The Bertz CT molecular complexity index is 1430. The summed E-state index contributed by atoms with van der Waals surface area (Å²) in [7, 11) is 3.61. The zero-order valence-corrected chi connectivity index (χ0v) is 25.3. The summed E-state index contributed by atoms with van der Waals surface area (Å²) in [5.41, 5.74) is 2.82. The topological polar surface area (TPSA) is 92.4 Å². The highest BCUT2D eigenvalue weighted by molar-refractivity contribution is 5.94. The Morgan fingerprint density at radius 3 is 2.67 bits per heavy atom. The van der Waals surface area contributed by atoms with E-state index in [9.17, 15) is 14.7 Å². The van der Waals surface area contributed by atoms with Crippen LogP contribution in [0.4, 0.5) is 5.69 Å². The summed E-state index contributed by atoms with van der Waals surface area (Å²) in [5.74, 6) is 0.279. The molecule has 43 heavy (non-hydrogen) atoms. The molecule has 1 aromatic heterocycles. The molecule has 9 nitrogen and oxygen atoms in total. The van der Waals surface area contributed by atoms with Crippen LogP contribution in [0.2, 0.25) is 0 Å². The first-order valence-corrected chi connectivity index (χ1v) is 15.1. The third-order valence-corrected chi connectivity index (χ3v) is 8.61. The van der Waals surface area contributed by atoms with Gasteiger partial charge in [-0.2, -0.15) is 0 Å². The zero-order chi connectivity index (χ0) is 30.3. The number of hydrogen-bond donors (Lipinski definition) is 1. The lowest BCUT2D eigenvalue weighted by Gasteiger charge is -2.29. The third kappa shape index (κ3) is 6.94. The number of nitrogens with zero attached hydrogens (tertiary/aromatic N) is 3. The van der Waals surface area contributed by atoms with Crippen molar-refractivity contribution in [3.05, 3.63) is 78.1 Å². The maximum absolute atomic E-state index is 14.0. The van der Waals surface area contributed by atoms with Gasteiger partial charge in [0.2, 0.25) is 12.7 Å². The minimum Gasteiger partial charge on any atom is -0.496 e. The maximum atomic E-state index is 14.0. The van der Waals surface area contributed by atoms with Gasteiger partial charge in [0.1, 0.15) is 18.5 Å². The predicted molar refractivity (Wildman–Crippen MR) is 163 cm³/mol. The van der Waals surface area contributed by atoms with E-state index in [1.54, 1.807) is 7.11 Å². The molecule has 1 amide bonds. The summed E-state index contributed by atoms with van der Waals surface area (Å²) in [6.45, 7) is 3.49. The Morgan fingerprint density at radius 2 is 1.91 bits per heavy atom. The summed E-state index contributed by atoms with van der Waals surface area (Å²) in [6, 6.07) is 17.2. The molecular formula is C34H42N3O6+. The number of unbranched alkanes of at least 4 members (excludes halogenated alkanes) is 1. The number of methoxy groups -OCH3 is 1. The molecule has 2 aliphatic rings. The fourth-order valence-corrected chi connectivity index (χ4v) is 6.45. The fourth-order valence-electron chi connectivity index (χ4n) is 6.45. The van der Waals surface area contributed by atoms with E-state index in [1.165, 1.54) is 0 Å². The lowest BCUT2D eigenvalue weighted by Crippen LogP contribution is -2.45. The van der Waals surface area contributed by atoms with Gasteiger partial charge in [-0.1, -0.05) is 37.6 Å². The number of carboxylic acid groups (broad SMARTS) is 1. The van der Waals surface area contributed by atoms with Gasteiger partial charge in [0.15, 0.2) is 23.9 Å². The van der Waals surface area contributed by atoms with Crippen molar-refractivity contribution in [1.29, 1.82) is 0 Å². The van der Waals surface area contributed by atoms with Crippen LogP contribution in [0.15, 0.2) is 67.0 Å². The number of ether oxygens (including phenoxy) is 3. The molecule has 9 heteroatoms. The van der Waals surface area contributed by atoms with E-state index in [2.05, 4.69) is 11.8 Å². The van der Waals surface area contributed by atoms with Crippen LogP contribution in [0.1, 0.15) is 49.7 Å². The van der Waals surface area contributed by atoms with Gasteiger partial charge >= 0.3 is 5.97 Å². The molecule has 0 saturated carbocycles. The van der Waals surface area contributed by atoms with E-state index < -0.39 is 11.9 Å². The van der Waals surface area contributed by atoms with Crippen molar-refractivity contribution in [3.63, 3.8) is 0 Å². The Balaban J connectivity index is 1.42. The van der Waals surface area contributed by atoms with Crippen LogP contribution in [0.5, 0.6) is 17.2 Å². The summed E-state index contributed by atoms with van der Waals surface area (Å²) in [6.07, 6.45) is 7.90. The molecular weight excluding hydrogens is 546 g/mol. The number of likely N-dealkylation sites (tertiary alicyclic amines) is 1. The van der Waals surface area contributed by atoms with Crippen LogP contribution < -0.4 is 23.7 Å². The normalized spacial score (nSPS) is 19.4. The molecule has 3 heterocycles. The van der Waals surface area contributed by atoms with Crippen molar-refractivity contribution in [3.8, 4) is 17.2 Å². The average Bonchev–Trinajstić information content (AvgIpc) is 3.62. The van der Waals surface area contributed by atoms with Crippen LogP contribution >= 0.6 is 0 Å². The average molecular weight is 589 g/mol. The number of rotatable bonds is 13. The molecule has 2 aromatic carbocycles. The number of aliphatic carboxylic acids is 1. The van der Waals surface area contributed by atoms with Crippen molar-refractivity contribution in [2.45, 2.75) is 51.0 Å². The Hall–Kier alpha value is -4.11. The molecule has 1 unspecified atom stereocenters. The number of amides is 1. The predicted octanol–water partition coefficient (Wildman–Crippen LogP) is 4.57. The van der Waals surface area contributed by atoms with E-state index in [1.807, 2.05) is 83.5 Å². The molecule has 3 aromatic rings. The molecule has 0 bridgehead atoms. The van der Waals surface area contributed by atoms with Crippen LogP contribution in [0.25, 0.3) is 0 Å². The van der Waals surface area contributed by atoms with Crippen molar-refractivity contribution in [2.75, 3.05) is 38.4 Å². The number of para-hydroxylation sites is 1. The van der Waals surface area contributed by atoms with Crippen molar-refractivity contribution >= 4 is 17.6 Å². The monoisotopic (exact) mass is 588 g/mol. The van der Waals surface area contributed by atoms with Gasteiger partial charge in [-0.3, -0.25) is 14.5 Å². The minimum atomic E-state index is -0.849. The number of carboxylic acids is 1. The molecule has 1 fully saturated rings. The van der Waals surface area contributed by atoms with Crippen LogP contribution in [-0.4, -0.2) is 61.5 Å². The number of carbonyl (C=O) groups excluding carboxylic acids is 1. The SMILES string of the molecule is CCCCN(C(=O)CN1C[C@H](c2ccc3c(c2)OCO3)C(C(=O)O)[C@@H]1CCCc1ccccc1OC)c1ccc[n+](C)c1. The van der Waals surface area contributed by atoms with Gasteiger partial charge in [0.05, 0.1) is 19.6 Å². The molecule has 228 valence electrons. The van der Waals surface area contributed by atoms with Crippen molar-refractivity contribution in [2.24, 2.45) is 13.0 Å². The van der Waals surface area contributed by atoms with E-state index in [-0.39, 0.29) is 31.2 Å². The second kappa shape index (κ2) is 13.9. The van der Waals surface area contributed by atoms with E-state index in [4.69, 9.17) is 14.2 Å². The standard InChI is InChI=1S/C34H41N3O6/c1-4-5-18-37(26-12-9-17-35(2)20-26)32(38)22-36-21-27(25-15-16-30-31(19-25)43-23-42-30)33(34(39)40)28(36)13-8-11-24-10-6-7-14-29(24)41-3/h6-7,9-10,12,14-17,19-20,27-28,33H,4-5,8,11,13,18,21-23H2,1-3H3/p+1/t27-,28+,33?/m1/s1. The van der Waals surface area contributed by atoms with Gasteiger partial charge in [-0.25, -0.2) is 4.57 Å². The number of pyridine rings is 1. The molecule has 5 rings (SSSR count). The highest BCUT2D eigenvalue weighted by Gasteiger charge is 2.47. The quantitative estimate of drug-likeness (QED) is 0.293. The second-order valence-electron chi connectivity index (χ2n) is 11.4. The summed E-state index contributed by atoms with van der Waals surface area (Å²) in [4.78, 5) is 30.9. The molecule has 0 aliphatic carbocycles. The molecule has 0 radical (unpaired) electrons. The summed E-state index contributed by atoms with van der Waals surface area (Å²) < 4.78 is 18.6. The minimum absolute atomic E-state index is 0.0233. The van der Waals surface area contributed by atoms with Crippen LogP contribution in [0, 0.1) is 5.92 Å². The molecule has 3 atom stereocenters. The fraction of sp³-hybridized carbons (Fsp3) is 0.441. The van der Waals surface area contributed by atoms with Gasteiger partial charge in [-0.15, -0.1) is 0 Å². The lowest BCUT2D eigenvalue weighted by atomic mass is 9.83. The lowest BCUT2D eigenvalue weighted by molar-refractivity contribution is -0.670. The second-order valence-corrected chi connectivity index (χ2v) is 11.4. The van der Waals surface area contributed by atoms with Crippen molar-refractivity contribution in [1.82, 2.24) is 4.90 Å². The first kappa shape index (κ1) is 30.4. The number of hydrogen-bond acceptors (Lipinski definition) is 6. The van der Waals surface area contributed by atoms with Crippen LogP contribution in [-0.2, 0) is 23.1 Å². The number of fused-ring (bicyclic) bond motifs is 1. The Morgan fingerprint density at radius 1 is 1.09 bits per heavy atom. The van der Waals surface area contributed by atoms with Gasteiger partial charge in [0, 0.05) is 31.1 Å². The third-order valence-electron chi connectivity index (χ3n) is 8.61. The molecule has 1 N–H and O–H groups in total. The number of aromatic nitrogens is 1. The van der Waals surface area contributed by atoms with E-state index in [0.717, 1.165) is 48.2 Å². The summed E-state index contributed by atoms with van der Waals surface area (Å²) in [5, 5.41) is 10.6. The maximum Gasteiger partial charge on any atom is 0.308 e. The van der Waals surface area contributed by atoms with Gasteiger partial charge in [0.25, 0.3) is 0 Å². The number of aryl methyl sites for hydroxylation is 2. The highest BCUT2D eigenvalue weighted by Crippen LogP contribution is 2.43. The molecule has 0 spiro atoms. The highest BCUT2D eigenvalue weighted by atomic mass is 16.7. The molecule has 2 aliphatic heterocycles. The Labute approximate surface area is 253 Å². The zero-order valence-electron chi connectivity index (χ0n) is 25.3. The largest absolute Gasteiger partial charge is 0.496 e. The van der Waals surface area contributed by atoms with E-state index in [0.29, 0.717) is 31.0 Å². The first-order chi connectivity index (χ1) is 20.9.